The zero-order valence-corrected chi connectivity index (χ0v) is 33.7. The van der Waals surface area contributed by atoms with Crippen molar-refractivity contribution in [3.63, 3.8) is 0 Å². The van der Waals surface area contributed by atoms with E-state index in [4.69, 9.17) is 18.9 Å². The highest BCUT2D eigenvalue weighted by atomic mass is 32.2. The van der Waals surface area contributed by atoms with Gasteiger partial charge in [-0.3, -0.25) is 5.43 Å². The molecule has 0 aliphatic rings. The van der Waals surface area contributed by atoms with Crippen molar-refractivity contribution in [2.75, 3.05) is 9.84 Å². The lowest BCUT2D eigenvalue weighted by molar-refractivity contribution is 0.459. The molecule has 0 aliphatic carbocycles. The van der Waals surface area contributed by atoms with Crippen LogP contribution in [0.25, 0.3) is 10.8 Å². The highest BCUT2D eigenvalue weighted by molar-refractivity contribution is 7.93. The molecule has 1 N–H and O–H groups in total. The van der Waals surface area contributed by atoms with Crippen LogP contribution in [0.4, 0.5) is 11.4 Å². The van der Waals surface area contributed by atoms with E-state index >= 15 is 8.42 Å². The van der Waals surface area contributed by atoms with Crippen molar-refractivity contribution in [3.8, 4) is 70.3 Å². The summed E-state index contributed by atoms with van der Waals surface area (Å²) < 4.78 is 56.2. The maximum absolute atomic E-state index is 15.1. The minimum Gasteiger partial charge on any atom is -0.457 e. The second-order valence-electron chi connectivity index (χ2n) is 13.7. The average molecular weight is 843 g/mol. The number of nitrogens with one attached hydrogen (secondary N) is 1. The third kappa shape index (κ3) is 9.63. The van der Waals surface area contributed by atoms with Gasteiger partial charge in [-0.05, 0) is 120 Å². The molecule has 0 bridgehead atoms. The maximum Gasteiger partial charge on any atom is 0.281 e. The number of benzene rings is 8. The Morgan fingerprint density at radius 3 is 1.14 bits per heavy atom. The van der Waals surface area contributed by atoms with Gasteiger partial charge in [0.25, 0.3) is 10.0 Å². The first kappa shape index (κ1) is 40.5. The lowest BCUT2D eigenvalue weighted by Crippen LogP contribution is -2.36. The largest absolute Gasteiger partial charge is 0.457 e. The Labute approximate surface area is 362 Å². The van der Waals surface area contributed by atoms with Gasteiger partial charge in [-0.15, -0.1) is 0 Å². The highest BCUT2D eigenvalue weighted by Gasteiger charge is 2.28. The Balaban J connectivity index is 1.27. The summed E-state index contributed by atoms with van der Waals surface area (Å²) in [6, 6.07) is 55.7. The molecule has 302 valence electrons. The van der Waals surface area contributed by atoms with E-state index in [0.29, 0.717) is 50.6 Å². The number of hydrazine groups is 1. The highest BCUT2D eigenvalue weighted by Crippen LogP contribution is 2.39. The first-order chi connectivity index (χ1) is 30.7. The number of sulfonamides is 1. The van der Waals surface area contributed by atoms with Crippen LogP contribution in [0.1, 0.15) is 22.3 Å². The molecule has 63 heavy (non-hydrogen) atoms. The van der Waals surface area contributed by atoms with Crippen molar-refractivity contribution < 1.29 is 27.4 Å². The minimum atomic E-state index is -4.50. The number of ether oxygens (including phenoxy) is 4. The maximum atomic E-state index is 15.1. The Bertz CT molecular complexity index is 3100. The molecule has 8 rings (SSSR count). The molecule has 0 aliphatic heterocycles. The monoisotopic (exact) mass is 842 g/mol. The number of rotatable bonds is 13. The normalized spacial score (nSPS) is 10.6. The molecule has 8 aromatic rings. The zero-order chi connectivity index (χ0) is 43.8. The molecule has 0 unspecified atom stereocenters. The van der Waals surface area contributed by atoms with Gasteiger partial charge >= 0.3 is 0 Å². The number of hydrogen-bond donors (Lipinski definition) is 1. The molecular weight excluding hydrogens is 813 g/mol. The molecule has 0 saturated carbocycles. The predicted octanol–water partition coefficient (Wildman–Crippen LogP) is 11.7. The van der Waals surface area contributed by atoms with E-state index in [0.717, 1.165) is 9.80 Å². The van der Waals surface area contributed by atoms with Crippen molar-refractivity contribution in [2.45, 2.75) is 4.90 Å². The lowest BCUT2D eigenvalue weighted by Gasteiger charge is -2.27. The number of nitrogens with zero attached hydrogens (tertiary/aromatic N) is 5. The van der Waals surface area contributed by atoms with Gasteiger partial charge in [0.05, 0.1) is 62.8 Å². The molecule has 0 amide bonds. The van der Waals surface area contributed by atoms with Crippen molar-refractivity contribution in [1.82, 2.24) is 0 Å². The van der Waals surface area contributed by atoms with E-state index in [-0.39, 0.29) is 39.3 Å². The molecular formula is C50H30N6O6S. The van der Waals surface area contributed by atoms with Gasteiger partial charge < -0.3 is 18.9 Å². The molecule has 0 fully saturated rings. The Morgan fingerprint density at radius 1 is 0.397 bits per heavy atom. The second-order valence-corrected chi connectivity index (χ2v) is 15.5. The molecule has 0 radical (unpaired) electrons. The lowest BCUT2D eigenvalue weighted by atomic mass is 10.1. The number of nitriles is 4. The molecule has 0 spiro atoms. The quantitative estimate of drug-likeness (QED) is 0.109. The van der Waals surface area contributed by atoms with E-state index in [2.05, 4.69) is 29.7 Å². The van der Waals surface area contributed by atoms with Gasteiger partial charge in [-0.1, -0.05) is 30.3 Å². The number of hydrogen-bond acceptors (Lipinski definition) is 11. The minimum absolute atomic E-state index is 0.0410. The third-order valence-electron chi connectivity index (χ3n) is 9.35. The molecule has 12 nitrogen and oxygen atoms in total. The molecule has 13 heteroatoms. The molecule has 0 atom stereocenters. The van der Waals surface area contributed by atoms with E-state index in [1.54, 1.807) is 133 Å². The summed E-state index contributed by atoms with van der Waals surface area (Å²) in [5.74, 6) is 2.39. The summed E-state index contributed by atoms with van der Waals surface area (Å²) in [5.41, 5.74) is 5.09. The number of anilines is 2. The van der Waals surface area contributed by atoms with Crippen LogP contribution in [0.15, 0.2) is 181 Å². The van der Waals surface area contributed by atoms with Gasteiger partial charge in [0.1, 0.15) is 46.0 Å². The first-order valence-corrected chi connectivity index (χ1v) is 20.4. The first-order valence-electron chi connectivity index (χ1n) is 19.0. The molecule has 0 saturated heterocycles. The number of fused-ring (bicyclic) bond motifs is 1. The summed E-state index contributed by atoms with van der Waals surface area (Å²) in [6.45, 7) is 0. The fourth-order valence-corrected chi connectivity index (χ4v) is 7.63. The Hall–Kier alpha value is -9.27. The predicted molar refractivity (Wildman–Crippen MR) is 235 cm³/mol. The second kappa shape index (κ2) is 17.9. The third-order valence-corrected chi connectivity index (χ3v) is 11.0. The zero-order valence-electron chi connectivity index (χ0n) is 32.8. The fourth-order valence-electron chi connectivity index (χ4n) is 6.29. The fraction of sp³-hybridized carbons (Fsp3) is 0. The van der Waals surface area contributed by atoms with Gasteiger partial charge in [-0.25, -0.2) is 0 Å². The van der Waals surface area contributed by atoms with Crippen LogP contribution in [0, 0.1) is 45.3 Å². The summed E-state index contributed by atoms with van der Waals surface area (Å²) in [6.07, 6.45) is 0. The molecule has 0 aromatic heterocycles. The Morgan fingerprint density at radius 2 is 0.762 bits per heavy atom. The van der Waals surface area contributed by atoms with E-state index < -0.39 is 10.0 Å². The van der Waals surface area contributed by atoms with E-state index in [9.17, 15) is 21.0 Å². The van der Waals surface area contributed by atoms with Crippen LogP contribution in [0.5, 0.6) is 46.0 Å². The van der Waals surface area contributed by atoms with Gasteiger partial charge in [-0.2, -0.15) is 33.9 Å². The SMILES string of the molecule is N#Cc1ccc(Oc2cc(NN(c3cc(Oc4ccc(C#N)cc4)cc(Oc4ccc(C#N)cc4)c3)S(=O)(=O)c3ccc4ccccc4c3)cc(Oc3ccc(C#N)cc3)c2)cc1. The van der Waals surface area contributed by atoms with E-state index in [1.165, 1.54) is 18.2 Å². The summed E-state index contributed by atoms with van der Waals surface area (Å²) in [5, 5.41) is 38.9. The summed E-state index contributed by atoms with van der Waals surface area (Å²) >= 11 is 0. The van der Waals surface area contributed by atoms with Crippen LogP contribution in [-0.4, -0.2) is 8.42 Å². The topological polar surface area (TPSA) is 181 Å². The smallest absolute Gasteiger partial charge is 0.281 e. The van der Waals surface area contributed by atoms with Crippen molar-refractivity contribution in [2.24, 2.45) is 0 Å². The summed E-state index contributed by atoms with van der Waals surface area (Å²) in [4.78, 5) is -0.0410. The van der Waals surface area contributed by atoms with Crippen LogP contribution in [0.2, 0.25) is 0 Å². The van der Waals surface area contributed by atoms with Crippen molar-refractivity contribution in [3.05, 3.63) is 198 Å². The molecule has 8 aromatic carbocycles. The van der Waals surface area contributed by atoms with Crippen molar-refractivity contribution >= 4 is 32.2 Å². The van der Waals surface area contributed by atoms with Crippen LogP contribution >= 0.6 is 0 Å². The Kier molecular flexibility index (Phi) is 11.5. The van der Waals surface area contributed by atoms with Gasteiger partial charge in [0.15, 0.2) is 0 Å². The van der Waals surface area contributed by atoms with Crippen LogP contribution < -0.4 is 28.8 Å². The van der Waals surface area contributed by atoms with Crippen molar-refractivity contribution in [1.29, 1.82) is 21.0 Å². The van der Waals surface area contributed by atoms with Crippen LogP contribution in [0.3, 0.4) is 0 Å². The van der Waals surface area contributed by atoms with Gasteiger partial charge in [0, 0.05) is 36.4 Å². The van der Waals surface area contributed by atoms with Gasteiger partial charge in [0.2, 0.25) is 0 Å². The van der Waals surface area contributed by atoms with Crippen LogP contribution in [-0.2, 0) is 10.0 Å². The standard InChI is InChI=1S/C50H30N6O6S/c51-30-34-5-14-42(15-6-34)59-46-24-40(25-47(28-46)60-43-16-7-35(31-52)8-17-43)55-56(63(57,58)50-22-13-38-3-1-2-4-39(38)23-50)41-26-48(61-44-18-9-36(32-53)10-19-44)29-49(27-41)62-45-20-11-37(33-54)12-21-45/h1-29,55H. The molecule has 0 heterocycles. The van der Waals surface area contributed by atoms with E-state index in [1.807, 2.05) is 24.3 Å². The summed E-state index contributed by atoms with van der Waals surface area (Å²) in [7, 11) is -4.50. The average Bonchev–Trinajstić information content (AvgIpc) is 3.31.